The number of piperidine rings is 1. The summed E-state index contributed by atoms with van der Waals surface area (Å²) in [5.74, 6) is -1.16. The third kappa shape index (κ3) is 4.41. The Bertz CT molecular complexity index is 813. The van der Waals surface area contributed by atoms with Gasteiger partial charge in [-0.3, -0.25) is 25.4 Å². The van der Waals surface area contributed by atoms with E-state index in [1.165, 1.54) is 4.90 Å². The fourth-order valence-electron chi connectivity index (χ4n) is 3.20. The second-order valence-electron chi connectivity index (χ2n) is 6.31. The Morgan fingerprint density at radius 3 is 2.52 bits per heavy atom. The Morgan fingerprint density at radius 1 is 1.07 bits per heavy atom. The van der Waals surface area contributed by atoms with Crippen LogP contribution >= 0.6 is 0 Å². The molecule has 8 heteroatoms. The molecule has 140 valence electrons. The van der Waals surface area contributed by atoms with Crippen molar-refractivity contribution in [3.8, 4) is 0 Å². The SMILES string of the molecule is O=C(NNC(=O)[C@H]1CCN(C(=O)O)[C@H](c2cccnc2)C1)c1ccccc1. The van der Waals surface area contributed by atoms with Gasteiger partial charge in [-0.15, -0.1) is 0 Å². The number of aromatic nitrogens is 1. The van der Waals surface area contributed by atoms with Crippen LogP contribution in [0.1, 0.15) is 34.8 Å². The van der Waals surface area contributed by atoms with Crippen LogP contribution in [0.2, 0.25) is 0 Å². The zero-order valence-corrected chi connectivity index (χ0v) is 14.5. The highest BCUT2D eigenvalue weighted by molar-refractivity contribution is 5.95. The number of hydrogen-bond acceptors (Lipinski definition) is 4. The zero-order valence-electron chi connectivity index (χ0n) is 14.5. The van der Waals surface area contributed by atoms with Crippen LogP contribution < -0.4 is 10.9 Å². The van der Waals surface area contributed by atoms with E-state index in [2.05, 4.69) is 15.8 Å². The molecular weight excluding hydrogens is 348 g/mol. The summed E-state index contributed by atoms with van der Waals surface area (Å²) < 4.78 is 0. The number of nitrogens with zero attached hydrogens (tertiary/aromatic N) is 2. The van der Waals surface area contributed by atoms with Crippen molar-refractivity contribution in [1.29, 1.82) is 0 Å². The van der Waals surface area contributed by atoms with Gasteiger partial charge in [0.2, 0.25) is 5.91 Å². The maximum Gasteiger partial charge on any atom is 0.407 e. The molecule has 0 aliphatic carbocycles. The average Bonchev–Trinajstić information content (AvgIpc) is 2.72. The molecule has 1 aliphatic heterocycles. The summed E-state index contributed by atoms with van der Waals surface area (Å²) >= 11 is 0. The van der Waals surface area contributed by atoms with Gasteiger partial charge < -0.3 is 10.0 Å². The van der Waals surface area contributed by atoms with Gasteiger partial charge in [0, 0.05) is 30.4 Å². The van der Waals surface area contributed by atoms with E-state index < -0.39 is 24.0 Å². The van der Waals surface area contributed by atoms with Crippen molar-refractivity contribution in [2.24, 2.45) is 5.92 Å². The summed E-state index contributed by atoms with van der Waals surface area (Å²) in [5.41, 5.74) is 6.03. The molecule has 1 fully saturated rings. The molecule has 0 radical (unpaired) electrons. The second-order valence-corrected chi connectivity index (χ2v) is 6.31. The van der Waals surface area contributed by atoms with Gasteiger partial charge in [-0.25, -0.2) is 4.79 Å². The van der Waals surface area contributed by atoms with E-state index in [-0.39, 0.29) is 12.5 Å². The summed E-state index contributed by atoms with van der Waals surface area (Å²) in [7, 11) is 0. The predicted molar refractivity (Wildman–Crippen MR) is 96.5 cm³/mol. The van der Waals surface area contributed by atoms with E-state index in [1.807, 2.05) is 0 Å². The van der Waals surface area contributed by atoms with Crippen molar-refractivity contribution >= 4 is 17.9 Å². The number of benzene rings is 1. The van der Waals surface area contributed by atoms with Gasteiger partial charge in [0.05, 0.1) is 6.04 Å². The predicted octanol–water partition coefficient (Wildman–Crippen LogP) is 1.97. The van der Waals surface area contributed by atoms with Gasteiger partial charge in [-0.2, -0.15) is 0 Å². The number of hydrazine groups is 1. The molecule has 3 rings (SSSR count). The number of pyridine rings is 1. The molecule has 2 heterocycles. The van der Waals surface area contributed by atoms with Gasteiger partial charge in [-0.05, 0) is 36.6 Å². The lowest BCUT2D eigenvalue weighted by atomic mass is 9.87. The fraction of sp³-hybridized carbons (Fsp3) is 0.263. The summed E-state index contributed by atoms with van der Waals surface area (Å²) in [6.07, 6.45) is 2.90. The molecule has 0 spiro atoms. The van der Waals surface area contributed by atoms with E-state index in [0.29, 0.717) is 18.4 Å². The molecule has 8 nitrogen and oxygen atoms in total. The highest BCUT2D eigenvalue weighted by atomic mass is 16.4. The molecule has 3 amide bonds. The first-order valence-corrected chi connectivity index (χ1v) is 8.61. The first-order valence-electron chi connectivity index (χ1n) is 8.61. The van der Waals surface area contributed by atoms with E-state index in [9.17, 15) is 19.5 Å². The van der Waals surface area contributed by atoms with Crippen molar-refractivity contribution in [3.05, 3.63) is 66.0 Å². The van der Waals surface area contributed by atoms with Crippen molar-refractivity contribution < 1.29 is 19.5 Å². The number of carbonyl (C=O) groups excluding carboxylic acids is 2. The third-order valence-electron chi connectivity index (χ3n) is 4.62. The lowest BCUT2D eigenvalue weighted by molar-refractivity contribution is -0.127. The van der Waals surface area contributed by atoms with E-state index in [1.54, 1.807) is 54.9 Å². The number of carboxylic acid groups (broad SMARTS) is 1. The van der Waals surface area contributed by atoms with Gasteiger partial charge in [0.15, 0.2) is 0 Å². The Kier molecular flexibility index (Phi) is 5.65. The lowest BCUT2D eigenvalue weighted by Crippen LogP contribution is -2.48. The van der Waals surface area contributed by atoms with Crippen molar-refractivity contribution in [3.63, 3.8) is 0 Å². The van der Waals surface area contributed by atoms with Gasteiger partial charge >= 0.3 is 6.09 Å². The maximum absolute atomic E-state index is 12.5. The third-order valence-corrected chi connectivity index (χ3v) is 4.62. The number of hydrogen-bond donors (Lipinski definition) is 3. The lowest BCUT2D eigenvalue weighted by Gasteiger charge is -2.37. The normalized spacial score (nSPS) is 19.2. The number of nitrogens with one attached hydrogen (secondary N) is 2. The van der Waals surface area contributed by atoms with Crippen molar-refractivity contribution in [2.45, 2.75) is 18.9 Å². The highest BCUT2D eigenvalue weighted by Crippen LogP contribution is 2.34. The van der Waals surface area contributed by atoms with Crippen LogP contribution in [-0.2, 0) is 4.79 Å². The molecule has 27 heavy (non-hydrogen) atoms. The molecule has 1 aromatic heterocycles. The smallest absolute Gasteiger partial charge is 0.407 e. The Labute approximate surface area is 156 Å². The molecule has 2 aromatic rings. The number of likely N-dealkylation sites (tertiary alicyclic amines) is 1. The summed E-state index contributed by atoms with van der Waals surface area (Å²) in [6.45, 7) is 0.236. The van der Waals surface area contributed by atoms with Crippen LogP contribution in [0.3, 0.4) is 0 Å². The fourth-order valence-corrected chi connectivity index (χ4v) is 3.20. The van der Waals surface area contributed by atoms with Crippen LogP contribution in [0.5, 0.6) is 0 Å². The van der Waals surface area contributed by atoms with E-state index in [4.69, 9.17) is 0 Å². The first kappa shape index (κ1) is 18.4. The molecule has 0 bridgehead atoms. The number of carbonyl (C=O) groups is 3. The monoisotopic (exact) mass is 368 g/mol. The Balaban J connectivity index is 1.64. The quantitative estimate of drug-likeness (QED) is 0.717. The van der Waals surface area contributed by atoms with E-state index in [0.717, 1.165) is 5.56 Å². The summed E-state index contributed by atoms with van der Waals surface area (Å²) in [4.78, 5) is 41.4. The molecule has 1 aliphatic rings. The molecule has 0 unspecified atom stereocenters. The molecule has 2 atom stereocenters. The summed E-state index contributed by atoms with van der Waals surface area (Å²) in [5, 5.41) is 9.45. The molecular formula is C19H20N4O4. The van der Waals surface area contributed by atoms with Crippen LogP contribution in [0.15, 0.2) is 54.9 Å². The Morgan fingerprint density at radius 2 is 1.85 bits per heavy atom. The minimum Gasteiger partial charge on any atom is -0.465 e. The number of amides is 3. The van der Waals surface area contributed by atoms with Crippen molar-refractivity contribution in [2.75, 3.05) is 6.54 Å². The minimum atomic E-state index is -1.03. The number of rotatable bonds is 3. The van der Waals surface area contributed by atoms with Crippen LogP contribution in [-0.4, -0.2) is 39.4 Å². The minimum absolute atomic E-state index is 0.236. The van der Waals surface area contributed by atoms with Crippen molar-refractivity contribution in [1.82, 2.24) is 20.7 Å². The maximum atomic E-state index is 12.5. The molecule has 1 saturated heterocycles. The standard InChI is InChI=1S/C19H20N4O4/c24-17(13-5-2-1-3-6-13)21-22-18(25)14-8-10-23(19(26)27)16(11-14)15-7-4-9-20-12-15/h1-7,9,12,14,16H,8,10-11H2,(H,21,24)(H,22,25)(H,26,27)/t14-,16-/m0/s1. The highest BCUT2D eigenvalue weighted by Gasteiger charge is 2.35. The topological polar surface area (TPSA) is 112 Å². The largest absolute Gasteiger partial charge is 0.465 e. The van der Waals surface area contributed by atoms with Gasteiger partial charge in [0.25, 0.3) is 5.91 Å². The van der Waals surface area contributed by atoms with E-state index >= 15 is 0 Å². The zero-order chi connectivity index (χ0) is 19.2. The second kappa shape index (κ2) is 8.31. The van der Waals surface area contributed by atoms with Crippen LogP contribution in [0, 0.1) is 5.92 Å². The first-order chi connectivity index (χ1) is 13.1. The van der Waals surface area contributed by atoms with Gasteiger partial charge in [-0.1, -0.05) is 24.3 Å². The average molecular weight is 368 g/mol. The molecule has 0 saturated carbocycles. The van der Waals surface area contributed by atoms with Crippen LogP contribution in [0.4, 0.5) is 4.79 Å². The summed E-state index contributed by atoms with van der Waals surface area (Å²) in [6, 6.07) is 11.6. The Hall–Kier alpha value is -3.42. The van der Waals surface area contributed by atoms with Crippen LogP contribution in [0.25, 0.3) is 0 Å². The molecule has 1 aromatic carbocycles. The van der Waals surface area contributed by atoms with Gasteiger partial charge in [0.1, 0.15) is 0 Å². The molecule has 3 N–H and O–H groups in total.